The maximum Gasteiger partial charge on any atom is 0.243 e. The molecule has 360 valence electrons. The number of rotatable bonds is 15. The lowest BCUT2D eigenvalue weighted by Gasteiger charge is -2.32. The van der Waals surface area contributed by atoms with Crippen LogP contribution in [0.4, 0.5) is 0 Å². The lowest BCUT2D eigenvalue weighted by atomic mass is 9.94. The molecule has 17 heteroatoms. The summed E-state index contributed by atoms with van der Waals surface area (Å²) < 4.78 is 0. The Morgan fingerprint density at radius 3 is 1.38 bits per heavy atom. The number of carbonyl (C=O) groups is 8. The molecular weight excluding hydrogens is 819 g/mol. The average molecular weight is 898 g/mol. The summed E-state index contributed by atoms with van der Waals surface area (Å²) in [6, 6.07) is -0.0612. The molecule has 64 heavy (non-hydrogen) atoms. The molecular formula is C47H79N9O8. The predicted octanol–water partition coefficient (Wildman–Crippen LogP) is 2.11. The summed E-state index contributed by atoms with van der Waals surface area (Å²) >= 11 is 0. The maximum absolute atomic E-state index is 14.4. The third-order valence-electron chi connectivity index (χ3n) is 12.2. The average Bonchev–Trinajstić information content (AvgIpc) is 3.25. The topological polar surface area (TPSA) is 259 Å². The van der Waals surface area contributed by atoms with E-state index in [0.29, 0.717) is 38.6 Å². The monoisotopic (exact) mass is 898 g/mol. The summed E-state index contributed by atoms with van der Waals surface area (Å²) in [5, 5.41) is 22.5. The third-order valence-corrected chi connectivity index (χ3v) is 12.2. The van der Waals surface area contributed by atoms with Crippen molar-refractivity contribution in [1.82, 2.24) is 42.5 Å². The van der Waals surface area contributed by atoms with Crippen LogP contribution in [0.2, 0.25) is 0 Å². The van der Waals surface area contributed by atoms with Crippen LogP contribution in [0, 0.1) is 29.6 Å². The molecule has 0 radical (unpaired) electrons. The first-order valence-corrected chi connectivity index (χ1v) is 23.4. The standard InChI is InChI=1S/C47H79N9O8/c1-12-28(8)37-46(63)52-35(25-32-20-16-15-17-21-32)42(59)51-34(24-26(4)5)43(60)53-36(27(6)7)44(61)49-31(11)40(57)54-39(30(10)14-3)47(64)56-38(29(9)13-2)45(62)50-33(41(58)55-37)22-18-19-23-48/h15-17,20-21,26-31,33-39H,12-14,18-19,22-25,48H2,1-11H3,(H,49,61)(H,50,62)(H,51,59)(H,52,63)(H,53,60)(H,54,57)(H,55,58)(H,56,64). The number of hydrogen-bond acceptors (Lipinski definition) is 9. The molecule has 1 aliphatic rings. The highest BCUT2D eigenvalue weighted by atomic mass is 16.2. The number of amides is 8. The van der Waals surface area contributed by atoms with Crippen LogP contribution in [-0.2, 0) is 44.8 Å². The summed E-state index contributed by atoms with van der Waals surface area (Å²) in [7, 11) is 0. The SMILES string of the molecule is CCC(C)C1NC(=O)C(C)NC(=O)C(C(C)C)NC(=O)C(CC(C)C)NC(=O)C(Cc2ccccc2)NC(=O)C(C(C)CC)NC(=O)C(CCCCN)NC(=O)C(C(C)CC)NC1=O. The summed E-state index contributed by atoms with van der Waals surface area (Å²) in [5.41, 5.74) is 6.52. The molecule has 11 unspecified atom stereocenters. The van der Waals surface area contributed by atoms with Gasteiger partial charge in [0.05, 0.1) is 0 Å². The van der Waals surface area contributed by atoms with E-state index in [1.54, 1.807) is 58.9 Å². The first kappa shape index (κ1) is 55.1. The van der Waals surface area contributed by atoms with Gasteiger partial charge in [-0.05, 0) is 74.3 Å². The molecule has 0 aromatic heterocycles. The number of carbonyl (C=O) groups excluding carboxylic acids is 8. The van der Waals surface area contributed by atoms with E-state index in [-0.39, 0.29) is 25.2 Å². The molecule has 11 atom stereocenters. The van der Waals surface area contributed by atoms with Gasteiger partial charge >= 0.3 is 0 Å². The van der Waals surface area contributed by atoms with Crippen LogP contribution in [-0.4, -0.2) is 102 Å². The van der Waals surface area contributed by atoms with Gasteiger partial charge in [-0.2, -0.15) is 0 Å². The number of unbranched alkanes of at least 4 members (excludes halogenated alkanes) is 1. The smallest absolute Gasteiger partial charge is 0.243 e. The molecule has 17 nitrogen and oxygen atoms in total. The van der Waals surface area contributed by atoms with E-state index in [0.717, 1.165) is 5.56 Å². The third kappa shape index (κ3) is 17.1. The zero-order valence-electron chi connectivity index (χ0n) is 40.1. The lowest BCUT2D eigenvalue weighted by molar-refractivity contribution is -0.138. The molecule has 0 spiro atoms. The molecule has 1 fully saturated rings. The van der Waals surface area contributed by atoms with Crippen molar-refractivity contribution < 1.29 is 38.4 Å². The summed E-state index contributed by atoms with van der Waals surface area (Å²) in [6.45, 7) is 20.0. The van der Waals surface area contributed by atoms with Crippen molar-refractivity contribution in [3.63, 3.8) is 0 Å². The first-order chi connectivity index (χ1) is 30.2. The Morgan fingerprint density at radius 1 is 0.484 bits per heavy atom. The highest BCUT2D eigenvalue weighted by Gasteiger charge is 2.38. The van der Waals surface area contributed by atoms with Crippen LogP contribution in [0.1, 0.15) is 127 Å². The van der Waals surface area contributed by atoms with Crippen LogP contribution in [0.5, 0.6) is 0 Å². The second kappa shape index (κ2) is 27.3. The Morgan fingerprint density at radius 2 is 0.891 bits per heavy atom. The Kier molecular flexibility index (Phi) is 23.5. The molecule has 10 N–H and O–H groups in total. The fraction of sp³-hybridized carbons (Fsp3) is 0.702. The van der Waals surface area contributed by atoms with Gasteiger partial charge in [0.2, 0.25) is 47.3 Å². The molecule has 1 aliphatic heterocycles. The fourth-order valence-electron chi connectivity index (χ4n) is 7.36. The number of benzene rings is 1. The number of nitrogens with two attached hydrogens (primary N) is 1. The zero-order chi connectivity index (χ0) is 48.3. The molecule has 0 bridgehead atoms. The van der Waals surface area contributed by atoms with E-state index >= 15 is 0 Å². The van der Waals surface area contributed by atoms with Gasteiger partial charge in [0, 0.05) is 6.42 Å². The van der Waals surface area contributed by atoms with Crippen LogP contribution in [0.25, 0.3) is 0 Å². The minimum atomic E-state index is -1.20. The van der Waals surface area contributed by atoms with Crippen LogP contribution in [0.3, 0.4) is 0 Å². The number of hydrogen-bond donors (Lipinski definition) is 9. The van der Waals surface area contributed by atoms with Crippen LogP contribution >= 0.6 is 0 Å². The molecule has 1 heterocycles. The number of nitrogens with one attached hydrogen (secondary N) is 8. The molecule has 0 saturated carbocycles. The second-order valence-corrected chi connectivity index (χ2v) is 18.4. The van der Waals surface area contributed by atoms with E-state index in [1.165, 1.54) is 6.92 Å². The summed E-state index contributed by atoms with van der Waals surface area (Å²) in [4.78, 5) is 113. The first-order valence-electron chi connectivity index (χ1n) is 23.4. The molecule has 2 rings (SSSR count). The van der Waals surface area contributed by atoms with E-state index in [1.807, 2.05) is 40.7 Å². The van der Waals surface area contributed by atoms with Gasteiger partial charge in [0.1, 0.15) is 48.3 Å². The largest absolute Gasteiger partial charge is 0.343 e. The van der Waals surface area contributed by atoms with E-state index in [2.05, 4.69) is 42.5 Å². The Hall–Kier alpha value is -5.06. The van der Waals surface area contributed by atoms with Crippen LogP contribution < -0.4 is 48.3 Å². The van der Waals surface area contributed by atoms with Gasteiger partial charge in [-0.1, -0.05) is 119 Å². The van der Waals surface area contributed by atoms with Crippen molar-refractivity contribution in [3.05, 3.63) is 35.9 Å². The molecule has 0 aliphatic carbocycles. The van der Waals surface area contributed by atoms with Gasteiger partial charge in [-0.25, -0.2) is 0 Å². The molecule has 1 aromatic carbocycles. The van der Waals surface area contributed by atoms with E-state index in [4.69, 9.17) is 5.73 Å². The van der Waals surface area contributed by atoms with Crippen molar-refractivity contribution in [1.29, 1.82) is 0 Å². The fourth-order valence-corrected chi connectivity index (χ4v) is 7.36. The Balaban J connectivity index is 2.79. The highest BCUT2D eigenvalue weighted by Crippen LogP contribution is 2.16. The lowest BCUT2D eigenvalue weighted by Crippen LogP contribution is -2.63. The normalized spacial score (nSPS) is 26.8. The summed E-state index contributed by atoms with van der Waals surface area (Å²) in [6.07, 6.45) is 2.86. The van der Waals surface area contributed by atoms with Crippen molar-refractivity contribution in [2.45, 2.75) is 176 Å². The van der Waals surface area contributed by atoms with Crippen molar-refractivity contribution in [2.75, 3.05) is 6.54 Å². The predicted molar refractivity (Wildman–Crippen MR) is 247 cm³/mol. The molecule has 1 aromatic rings. The van der Waals surface area contributed by atoms with Gasteiger partial charge in [-0.3, -0.25) is 38.4 Å². The van der Waals surface area contributed by atoms with E-state index < -0.39 is 119 Å². The molecule has 1 saturated heterocycles. The summed E-state index contributed by atoms with van der Waals surface area (Å²) in [5.74, 6) is -6.88. The quantitative estimate of drug-likeness (QED) is 0.117. The maximum atomic E-state index is 14.4. The van der Waals surface area contributed by atoms with Gasteiger partial charge < -0.3 is 48.3 Å². The van der Waals surface area contributed by atoms with Crippen LogP contribution in [0.15, 0.2) is 30.3 Å². The van der Waals surface area contributed by atoms with Crippen molar-refractivity contribution in [3.8, 4) is 0 Å². The van der Waals surface area contributed by atoms with Gasteiger partial charge in [-0.15, -0.1) is 0 Å². The highest BCUT2D eigenvalue weighted by molar-refractivity contribution is 5.99. The molecule has 8 amide bonds. The van der Waals surface area contributed by atoms with Gasteiger partial charge in [0.15, 0.2) is 0 Å². The minimum Gasteiger partial charge on any atom is -0.343 e. The Bertz CT molecular complexity index is 1710. The minimum absolute atomic E-state index is 0.0466. The van der Waals surface area contributed by atoms with E-state index in [9.17, 15) is 38.4 Å². The van der Waals surface area contributed by atoms with Gasteiger partial charge in [0.25, 0.3) is 0 Å². The Labute approximate surface area is 380 Å². The van der Waals surface area contributed by atoms with Crippen molar-refractivity contribution >= 4 is 47.3 Å². The van der Waals surface area contributed by atoms with Crippen molar-refractivity contribution in [2.24, 2.45) is 35.3 Å². The second-order valence-electron chi connectivity index (χ2n) is 18.4. The zero-order valence-corrected chi connectivity index (χ0v) is 40.1.